The van der Waals surface area contributed by atoms with Crippen LogP contribution in [0.3, 0.4) is 0 Å². The van der Waals surface area contributed by atoms with Gasteiger partial charge in [0.25, 0.3) is 5.91 Å². The molecule has 6 nitrogen and oxygen atoms in total. The number of carbonyl (C=O) groups is 3. The van der Waals surface area contributed by atoms with Crippen molar-refractivity contribution in [3.63, 3.8) is 0 Å². The Bertz CT molecular complexity index is 803. The number of piperidine rings is 1. The van der Waals surface area contributed by atoms with Crippen molar-refractivity contribution in [1.29, 1.82) is 0 Å². The molecule has 3 rings (SSSR count). The van der Waals surface area contributed by atoms with Crippen molar-refractivity contribution in [2.45, 2.75) is 12.8 Å². The predicted octanol–water partition coefficient (Wildman–Crippen LogP) is 3.37. The van der Waals surface area contributed by atoms with Crippen molar-refractivity contribution in [2.24, 2.45) is 5.92 Å². The number of hydrogen-bond acceptors (Lipinski definition) is 4. The predicted molar refractivity (Wildman–Crippen MR) is 90.1 cm³/mol. The summed E-state index contributed by atoms with van der Waals surface area (Å²) in [6.07, 6.45) is 1.11. The Morgan fingerprint density at radius 2 is 1.60 bits per heavy atom. The van der Waals surface area contributed by atoms with Crippen molar-refractivity contribution in [2.75, 3.05) is 13.1 Å². The van der Waals surface area contributed by atoms with Gasteiger partial charge >= 0.3 is 5.97 Å². The minimum atomic E-state index is -1.22. The van der Waals surface area contributed by atoms with E-state index in [9.17, 15) is 14.4 Å². The lowest BCUT2D eigenvalue weighted by Gasteiger charge is -2.30. The van der Waals surface area contributed by atoms with Crippen LogP contribution in [0, 0.1) is 5.92 Å². The number of Topliss-reactive ketones (excluding diaryl/α,β-unsaturated/α-hetero) is 1. The molecular formula is C18H16ClNO5. The van der Waals surface area contributed by atoms with E-state index < -0.39 is 5.97 Å². The lowest BCUT2D eigenvalue weighted by atomic mass is 9.89. The normalized spacial score (nSPS) is 15.2. The molecule has 1 aromatic carbocycles. The Kier molecular flexibility index (Phi) is 4.90. The van der Waals surface area contributed by atoms with Crippen LogP contribution < -0.4 is 0 Å². The molecule has 7 heteroatoms. The van der Waals surface area contributed by atoms with Gasteiger partial charge in [-0.3, -0.25) is 9.59 Å². The van der Waals surface area contributed by atoms with E-state index in [0.29, 0.717) is 36.5 Å². The molecule has 1 aliphatic rings. The van der Waals surface area contributed by atoms with E-state index in [1.54, 1.807) is 29.2 Å². The summed E-state index contributed by atoms with van der Waals surface area (Å²) in [7, 11) is 0. The minimum Gasteiger partial charge on any atom is -0.475 e. The molecule has 2 heterocycles. The van der Waals surface area contributed by atoms with Gasteiger partial charge in [-0.15, -0.1) is 0 Å². The molecule has 0 aliphatic carbocycles. The number of likely N-dealkylation sites (tertiary alicyclic amines) is 1. The summed E-state index contributed by atoms with van der Waals surface area (Å²) in [6, 6.07) is 9.40. The number of benzene rings is 1. The Hall–Kier alpha value is -2.60. The first-order chi connectivity index (χ1) is 12.0. The van der Waals surface area contributed by atoms with Crippen LogP contribution in [-0.4, -0.2) is 40.8 Å². The minimum absolute atomic E-state index is 0.000113. The molecule has 1 aromatic heterocycles. The highest BCUT2D eigenvalue weighted by Crippen LogP contribution is 2.24. The van der Waals surface area contributed by atoms with Gasteiger partial charge in [-0.1, -0.05) is 11.6 Å². The van der Waals surface area contributed by atoms with Crippen LogP contribution in [0.25, 0.3) is 0 Å². The highest BCUT2D eigenvalue weighted by atomic mass is 35.5. The third kappa shape index (κ3) is 3.74. The van der Waals surface area contributed by atoms with Crippen LogP contribution in [-0.2, 0) is 0 Å². The van der Waals surface area contributed by atoms with Crippen LogP contribution in [0.5, 0.6) is 0 Å². The Morgan fingerprint density at radius 1 is 1.00 bits per heavy atom. The first-order valence-corrected chi connectivity index (χ1v) is 8.25. The van der Waals surface area contributed by atoms with E-state index in [2.05, 4.69) is 0 Å². The second kappa shape index (κ2) is 7.11. The third-order valence-electron chi connectivity index (χ3n) is 4.31. The molecule has 0 saturated carbocycles. The average molecular weight is 362 g/mol. The summed E-state index contributed by atoms with van der Waals surface area (Å²) in [6.45, 7) is 0.845. The van der Waals surface area contributed by atoms with Gasteiger partial charge in [0.1, 0.15) is 0 Å². The van der Waals surface area contributed by atoms with Crippen molar-refractivity contribution in [3.05, 3.63) is 58.5 Å². The third-order valence-corrected chi connectivity index (χ3v) is 4.56. The van der Waals surface area contributed by atoms with Gasteiger partial charge in [-0.05, 0) is 49.2 Å². The number of nitrogens with zero attached hydrogens (tertiary/aromatic N) is 1. The molecule has 130 valence electrons. The van der Waals surface area contributed by atoms with Gasteiger partial charge in [0.2, 0.25) is 5.76 Å². The van der Waals surface area contributed by atoms with Gasteiger partial charge in [0.05, 0.1) is 0 Å². The van der Waals surface area contributed by atoms with Crippen molar-refractivity contribution >= 4 is 29.3 Å². The number of rotatable bonds is 4. The van der Waals surface area contributed by atoms with Crippen LogP contribution in [0.1, 0.15) is 44.3 Å². The average Bonchev–Trinajstić information content (AvgIpc) is 3.12. The second-order valence-electron chi connectivity index (χ2n) is 5.91. The van der Waals surface area contributed by atoms with E-state index in [-0.39, 0.29) is 29.1 Å². The fourth-order valence-corrected chi connectivity index (χ4v) is 3.04. The number of carboxylic acid groups (broad SMARTS) is 1. The molecule has 1 saturated heterocycles. The molecule has 0 bridgehead atoms. The lowest BCUT2D eigenvalue weighted by molar-refractivity contribution is 0.0606. The molecule has 0 unspecified atom stereocenters. The van der Waals surface area contributed by atoms with Crippen molar-refractivity contribution in [1.82, 2.24) is 4.90 Å². The summed E-state index contributed by atoms with van der Waals surface area (Å²) >= 11 is 5.83. The maximum absolute atomic E-state index is 12.5. The molecular weight excluding hydrogens is 346 g/mol. The van der Waals surface area contributed by atoms with Crippen LogP contribution in [0.4, 0.5) is 0 Å². The smallest absolute Gasteiger partial charge is 0.371 e. The van der Waals surface area contributed by atoms with Crippen LogP contribution in [0.15, 0.2) is 40.8 Å². The molecule has 0 radical (unpaired) electrons. The molecule has 1 N–H and O–H groups in total. The molecule has 0 atom stereocenters. The SMILES string of the molecule is O=C(O)c1ccc(C(=O)N2CCC(C(=O)c3ccc(Cl)cc3)CC2)o1. The van der Waals surface area contributed by atoms with E-state index >= 15 is 0 Å². The highest BCUT2D eigenvalue weighted by molar-refractivity contribution is 6.30. The molecule has 1 amide bonds. The number of carbonyl (C=O) groups excluding carboxylic acids is 2. The Balaban J connectivity index is 1.61. The van der Waals surface area contributed by atoms with Crippen LogP contribution in [0.2, 0.25) is 5.02 Å². The van der Waals surface area contributed by atoms with E-state index in [1.807, 2.05) is 0 Å². The van der Waals surface area contributed by atoms with Crippen molar-refractivity contribution < 1.29 is 23.9 Å². The van der Waals surface area contributed by atoms with Crippen molar-refractivity contribution in [3.8, 4) is 0 Å². The Morgan fingerprint density at radius 3 is 2.16 bits per heavy atom. The summed E-state index contributed by atoms with van der Waals surface area (Å²) in [4.78, 5) is 37.3. The van der Waals surface area contributed by atoms with Gasteiger partial charge < -0.3 is 14.4 Å². The summed E-state index contributed by atoms with van der Waals surface area (Å²) in [5.74, 6) is -1.93. The number of ketones is 1. The quantitative estimate of drug-likeness (QED) is 0.843. The summed E-state index contributed by atoms with van der Waals surface area (Å²) in [5, 5.41) is 9.43. The Labute approximate surface area is 149 Å². The molecule has 25 heavy (non-hydrogen) atoms. The van der Waals surface area contributed by atoms with Gasteiger partial charge in [-0.2, -0.15) is 0 Å². The monoisotopic (exact) mass is 361 g/mol. The van der Waals surface area contributed by atoms with Gasteiger partial charge in [-0.25, -0.2) is 4.79 Å². The molecule has 1 fully saturated rings. The number of hydrogen-bond donors (Lipinski definition) is 1. The first kappa shape index (κ1) is 17.2. The van der Waals surface area contributed by atoms with E-state index in [4.69, 9.17) is 21.1 Å². The topological polar surface area (TPSA) is 87.8 Å². The maximum atomic E-state index is 12.5. The first-order valence-electron chi connectivity index (χ1n) is 7.88. The zero-order valence-electron chi connectivity index (χ0n) is 13.3. The number of carboxylic acids is 1. The largest absolute Gasteiger partial charge is 0.475 e. The fourth-order valence-electron chi connectivity index (χ4n) is 2.92. The highest BCUT2D eigenvalue weighted by Gasteiger charge is 2.29. The second-order valence-corrected chi connectivity index (χ2v) is 6.34. The standard InChI is InChI=1S/C18H16ClNO5/c19-13-3-1-11(2-4-13)16(21)12-7-9-20(10-8-12)17(22)14-5-6-15(25-14)18(23)24/h1-6,12H,7-10H2,(H,23,24). The van der Waals surface area contributed by atoms with E-state index in [0.717, 1.165) is 0 Å². The zero-order valence-corrected chi connectivity index (χ0v) is 14.0. The summed E-state index contributed by atoms with van der Waals surface area (Å²) in [5.41, 5.74) is 0.617. The molecule has 2 aromatic rings. The fraction of sp³-hybridized carbons (Fsp3) is 0.278. The van der Waals surface area contributed by atoms with Gasteiger partial charge in [0.15, 0.2) is 11.5 Å². The number of aromatic carboxylic acids is 1. The van der Waals surface area contributed by atoms with Gasteiger partial charge in [0, 0.05) is 29.6 Å². The maximum Gasteiger partial charge on any atom is 0.371 e. The molecule has 1 aliphatic heterocycles. The lowest BCUT2D eigenvalue weighted by Crippen LogP contribution is -2.40. The van der Waals surface area contributed by atoms with Crippen LogP contribution >= 0.6 is 11.6 Å². The number of halogens is 1. The summed E-state index contributed by atoms with van der Waals surface area (Å²) < 4.78 is 5.04. The number of furan rings is 1. The molecule has 0 spiro atoms. The van der Waals surface area contributed by atoms with E-state index in [1.165, 1.54) is 12.1 Å². The zero-order chi connectivity index (χ0) is 18.0. The number of amides is 1.